The minimum Gasteiger partial charge on any atom is -0.478 e. The minimum atomic E-state index is -3.43. The van der Waals surface area contributed by atoms with E-state index in [-0.39, 0.29) is 17.6 Å². The van der Waals surface area contributed by atoms with E-state index in [1.165, 1.54) is 0 Å². The van der Waals surface area contributed by atoms with Crippen LogP contribution in [0.25, 0.3) is 5.69 Å². The van der Waals surface area contributed by atoms with Gasteiger partial charge in [-0.3, -0.25) is 9.71 Å². The van der Waals surface area contributed by atoms with Gasteiger partial charge in [-0.2, -0.15) is 0 Å². The highest BCUT2D eigenvalue weighted by Crippen LogP contribution is 2.43. The quantitative estimate of drug-likeness (QED) is 0.291. The fraction of sp³-hybridized carbons (Fsp3) is 0.148. The second kappa shape index (κ2) is 9.92. The number of rotatable bonds is 7. The molecule has 3 N–H and O–H groups in total. The van der Waals surface area contributed by atoms with Gasteiger partial charge in [-0.1, -0.05) is 6.07 Å². The van der Waals surface area contributed by atoms with Gasteiger partial charge >= 0.3 is 5.97 Å². The standard InChI is InChI=1S/C27H25N5O4S2/c1-17-16-20(12-13-21(17)30-38(2,35)36)32-25(24(29-27(32)37)22-6-3-4-14-28-22)23-7-5-15-31(23)19-10-8-18(9-11-19)26(33)34/h3-16,24-25,30H,1-2H3,(H,29,37)(H,33,34). The molecule has 11 heteroatoms. The Hall–Kier alpha value is -4.22. The number of anilines is 2. The molecule has 0 saturated carbocycles. The number of thiocarbonyl (C=S) groups is 1. The van der Waals surface area contributed by atoms with Crippen molar-refractivity contribution in [2.75, 3.05) is 15.9 Å². The van der Waals surface area contributed by atoms with Crippen molar-refractivity contribution >= 4 is 44.7 Å². The van der Waals surface area contributed by atoms with Gasteiger partial charge in [-0.15, -0.1) is 0 Å². The number of benzene rings is 2. The van der Waals surface area contributed by atoms with Crippen molar-refractivity contribution in [2.45, 2.75) is 19.0 Å². The van der Waals surface area contributed by atoms with E-state index in [0.717, 1.165) is 34.6 Å². The molecule has 0 aliphatic carbocycles. The maximum atomic E-state index is 11.8. The molecular formula is C27H25N5O4S2. The van der Waals surface area contributed by atoms with Crippen LogP contribution in [0.2, 0.25) is 0 Å². The lowest BCUT2D eigenvalue weighted by atomic mass is 10.00. The van der Waals surface area contributed by atoms with Crippen LogP contribution in [0.5, 0.6) is 0 Å². The van der Waals surface area contributed by atoms with Crippen LogP contribution in [0.3, 0.4) is 0 Å². The molecule has 0 bridgehead atoms. The molecule has 1 aliphatic rings. The van der Waals surface area contributed by atoms with Crippen molar-refractivity contribution in [3.8, 4) is 5.69 Å². The van der Waals surface area contributed by atoms with E-state index >= 15 is 0 Å². The van der Waals surface area contributed by atoms with E-state index in [2.05, 4.69) is 15.0 Å². The number of hydrogen-bond donors (Lipinski definition) is 3. The van der Waals surface area contributed by atoms with Crippen LogP contribution < -0.4 is 14.9 Å². The third-order valence-corrected chi connectivity index (χ3v) is 7.26. The Balaban J connectivity index is 1.62. The smallest absolute Gasteiger partial charge is 0.335 e. The Morgan fingerprint density at radius 2 is 1.79 bits per heavy atom. The molecule has 1 fully saturated rings. The number of aromatic nitrogens is 2. The van der Waals surface area contributed by atoms with Gasteiger partial charge in [-0.25, -0.2) is 13.2 Å². The first-order chi connectivity index (χ1) is 18.1. The number of carbonyl (C=O) groups is 1. The zero-order valence-electron chi connectivity index (χ0n) is 20.6. The molecule has 194 valence electrons. The molecule has 4 aromatic rings. The first-order valence-corrected chi connectivity index (χ1v) is 14.0. The summed E-state index contributed by atoms with van der Waals surface area (Å²) in [5.41, 5.74) is 4.75. The SMILES string of the molecule is Cc1cc(N2C(=S)NC(c3ccccn3)C2c2cccn2-c2ccc(C(=O)O)cc2)ccc1NS(C)(=O)=O. The second-order valence-corrected chi connectivity index (χ2v) is 11.2. The maximum absolute atomic E-state index is 11.8. The van der Waals surface area contributed by atoms with Crippen LogP contribution in [-0.2, 0) is 10.0 Å². The van der Waals surface area contributed by atoms with E-state index < -0.39 is 16.0 Å². The van der Waals surface area contributed by atoms with Crippen molar-refractivity contribution in [2.24, 2.45) is 0 Å². The number of nitrogens with zero attached hydrogens (tertiary/aromatic N) is 3. The Morgan fingerprint density at radius 1 is 1.05 bits per heavy atom. The van der Waals surface area contributed by atoms with E-state index in [1.54, 1.807) is 36.5 Å². The predicted molar refractivity (Wildman–Crippen MR) is 150 cm³/mol. The zero-order valence-corrected chi connectivity index (χ0v) is 22.2. The molecule has 0 amide bonds. The van der Waals surface area contributed by atoms with E-state index in [4.69, 9.17) is 12.2 Å². The Labute approximate surface area is 225 Å². The Bertz CT molecular complexity index is 1620. The normalized spacial score (nSPS) is 17.3. The van der Waals surface area contributed by atoms with Crippen LogP contribution in [0.4, 0.5) is 11.4 Å². The summed E-state index contributed by atoms with van der Waals surface area (Å²) in [5.74, 6) is -0.986. The summed E-state index contributed by atoms with van der Waals surface area (Å²) in [7, 11) is -3.43. The van der Waals surface area contributed by atoms with Crippen molar-refractivity contribution in [1.29, 1.82) is 0 Å². The van der Waals surface area contributed by atoms with Gasteiger partial charge in [0, 0.05) is 29.5 Å². The van der Waals surface area contributed by atoms with E-state index in [1.807, 2.05) is 65.1 Å². The molecule has 5 rings (SSSR count). The summed E-state index contributed by atoms with van der Waals surface area (Å²) < 4.78 is 28.1. The average molecular weight is 548 g/mol. The van der Waals surface area contributed by atoms with Crippen LogP contribution in [0.15, 0.2) is 85.2 Å². The number of pyridine rings is 1. The molecule has 2 aromatic heterocycles. The first kappa shape index (κ1) is 25.4. The van der Waals surface area contributed by atoms with Crippen LogP contribution >= 0.6 is 12.2 Å². The minimum absolute atomic E-state index is 0.206. The van der Waals surface area contributed by atoms with E-state index in [9.17, 15) is 18.3 Å². The number of sulfonamides is 1. The van der Waals surface area contributed by atoms with Crippen LogP contribution in [0.1, 0.15) is 39.4 Å². The van der Waals surface area contributed by atoms with Crippen molar-refractivity contribution in [1.82, 2.24) is 14.9 Å². The molecule has 2 unspecified atom stereocenters. The number of nitrogens with one attached hydrogen (secondary N) is 2. The van der Waals surface area contributed by atoms with Crippen LogP contribution in [-0.4, -0.2) is 40.4 Å². The highest BCUT2D eigenvalue weighted by atomic mass is 32.2. The summed E-state index contributed by atoms with van der Waals surface area (Å²) in [5, 5.41) is 13.2. The fourth-order valence-electron chi connectivity index (χ4n) is 4.68. The monoisotopic (exact) mass is 547 g/mol. The second-order valence-electron chi connectivity index (χ2n) is 9.03. The summed E-state index contributed by atoms with van der Waals surface area (Å²) in [6.07, 6.45) is 4.77. The highest BCUT2D eigenvalue weighted by Gasteiger charge is 2.42. The summed E-state index contributed by atoms with van der Waals surface area (Å²) in [6.45, 7) is 1.83. The maximum Gasteiger partial charge on any atom is 0.335 e. The summed E-state index contributed by atoms with van der Waals surface area (Å²) >= 11 is 5.82. The molecule has 2 atom stereocenters. The number of carboxylic acids is 1. The number of hydrogen-bond acceptors (Lipinski definition) is 5. The third-order valence-electron chi connectivity index (χ3n) is 6.36. The number of aryl methyl sites for hydroxylation is 1. The van der Waals surface area contributed by atoms with Gasteiger partial charge in [0.2, 0.25) is 10.0 Å². The van der Waals surface area contributed by atoms with Gasteiger partial charge in [0.05, 0.1) is 29.2 Å². The predicted octanol–water partition coefficient (Wildman–Crippen LogP) is 4.43. The lowest BCUT2D eigenvalue weighted by molar-refractivity contribution is 0.0697. The average Bonchev–Trinajstić information content (AvgIpc) is 3.49. The topological polar surface area (TPSA) is 117 Å². The molecule has 1 aliphatic heterocycles. The molecular weight excluding hydrogens is 522 g/mol. The molecule has 1 saturated heterocycles. The highest BCUT2D eigenvalue weighted by molar-refractivity contribution is 7.92. The molecule has 9 nitrogen and oxygen atoms in total. The number of aromatic carboxylic acids is 1. The molecule has 3 heterocycles. The van der Waals surface area contributed by atoms with Crippen molar-refractivity contribution < 1.29 is 18.3 Å². The van der Waals surface area contributed by atoms with Gasteiger partial charge < -0.3 is 19.9 Å². The van der Waals surface area contributed by atoms with Gasteiger partial charge in [0.25, 0.3) is 0 Å². The van der Waals surface area contributed by atoms with Crippen molar-refractivity contribution in [3.63, 3.8) is 0 Å². The lowest BCUT2D eigenvalue weighted by Gasteiger charge is -2.29. The molecule has 2 aromatic carbocycles. The number of carboxylic acid groups (broad SMARTS) is 1. The zero-order chi connectivity index (χ0) is 27.0. The molecule has 0 radical (unpaired) electrons. The van der Waals surface area contributed by atoms with Gasteiger partial charge in [0.1, 0.15) is 6.04 Å². The largest absolute Gasteiger partial charge is 0.478 e. The Morgan fingerprint density at radius 3 is 2.42 bits per heavy atom. The first-order valence-electron chi connectivity index (χ1n) is 11.7. The molecule has 0 spiro atoms. The van der Waals surface area contributed by atoms with Gasteiger partial charge in [-0.05, 0) is 91.4 Å². The lowest BCUT2D eigenvalue weighted by Crippen LogP contribution is -2.30. The Kier molecular flexibility index (Phi) is 6.64. The van der Waals surface area contributed by atoms with E-state index in [0.29, 0.717) is 10.8 Å². The van der Waals surface area contributed by atoms with Gasteiger partial charge in [0.15, 0.2) is 5.11 Å². The summed E-state index contributed by atoms with van der Waals surface area (Å²) in [6, 6.07) is 21.2. The molecule has 38 heavy (non-hydrogen) atoms. The van der Waals surface area contributed by atoms with Crippen molar-refractivity contribution in [3.05, 3.63) is 108 Å². The van der Waals surface area contributed by atoms with Crippen LogP contribution in [0, 0.1) is 6.92 Å². The fourth-order valence-corrected chi connectivity index (χ4v) is 5.65. The summed E-state index contributed by atoms with van der Waals surface area (Å²) in [4.78, 5) is 18.0. The third kappa shape index (κ3) is 4.98.